The number of fused-ring (bicyclic) bond motifs is 1. The maximum atomic E-state index is 4.45. The van der Waals surface area contributed by atoms with E-state index in [4.69, 9.17) is 0 Å². The SMILES string of the molecule is CCSC1C=Nc2ccccc2C1. The molecule has 2 heteroatoms. The second kappa shape index (κ2) is 3.97. The molecule has 0 saturated carbocycles. The zero-order valence-corrected chi connectivity index (χ0v) is 8.55. The van der Waals surface area contributed by atoms with Crippen LogP contribution in [0.2, 0.25) is 0 Å². The third-order valence-electron chi connectivity index (χ3n) is 2.17. The van der Waals surface area contributed by atoms with Gasteiger partial charge in [-0.05, 0) is 23.8 Å². The van der Waals surface area contributed by atoms with Crippen LogP contribution in [0.5, 0.6) is 0 Å². The van der Waals surface area contributed by atoms with Gasteiger partial charge in [0.05, 0.1) is 5.69 Å². The summed E-state index contributed by atoms with van der Waals surface area (Å²) in [5.41, 5.74) is 2.53. The molecule has 0 aromatic heterocycles. The first-order valence-electron chi connectivity index (χ1n) is 4.64. The third kappa shape index (κ3) is 1.94. The van der Waals surface area contributed by atoms with E-state index in [-0.39, 0.29) is 0 Å². The van der Waals surface area contributed by atoms with E-state index in [0.29, 0.717) is 5.25 Å². The van der Waals surface area contributed by atoms with Gasteiger partial charge in [-0.3, -0.25) is 4.99 Å². The highest BCUT2D eigenvalue weighted by molar-refractivity contribution is 8.00. The lowest BCUT2D eigenvalue weighted by Gasteiger charge is -2.16. The highest BCUT2D eigenvalue weighted by Gasteiger charge is 2.13. The maximum Gasteiger partial charge on any atom is 0.0658 e. The summed E-state index contributed by atoms with van der Waals surface area (Å²) in [7, 11) is 0. The summed E-state index contributed by atoms with van der Waals surface area (Å²) in [6.07, 6.45) is 3.22. The molecular formula is C11H13NS. The first kappa shape index (κ1) is 8.82. The maximum absolute atomic E-state index is 4.45. The average molecular weight is 191 g/mol. The van der Waals surface area contributed by atoms with Crippen LogP contribution in [0, 0.1) is 0 Å². The van der Waals surface area contributed by atoms with Crippen molar-refractivity contribution in [1.82, 2.24) is 0 Å². The van der Waals surface area contributed by atoms with Crippen molar-refractivity contribution in [2.45, 2.75) is 18.6 Å². The molecule has 1 nitrogen and oxygen atoms in total. The fourth-order valence-corrected chi connectivity index (χ4v) is 2.43. The summed E-state index contributed by atoms with van der Waals surface area (Å²) in [6, 6.07) is 8.39. The summed E-state index contributed by atoms with van der Waals surface area (Å²) in [6.45, 7) is 2.19. The molecule has 0 fully saturated rings. The quantitative estimate of drug-likeness (QED) is 0.700. The predicted molar refractivity (Wildman–Crippen MR) is 60.2 cm³/mol. The highest BCUT2D eigenvalue weighted by atomic mass is 32.2. The normalized spacial score (nSPS) is 19.9. The monoisotopic (exact) mass is 191 g/mol. The Hall–Kier alpha value is -0.760. The van der Waals surface area contributed by atoms with Gasteiger partial charge in [0.25, 0.3) is 0 Å². The van der Waals surface area contributed by atoms with E-state index in [1.807, 2.05) is 17.8 Å². The fraction of sp³-hybridized carbons (Fsp3) is 0.364. The molecule has 1 heterocycles. The lowest BCUT2D eigenvalue weighted by Crippen LogP contribution is -2.12. The smallest absolute Gasteiger partial charge is 0.0658 e. The number of rotatable bonds is 2. The van der Waals surface area contributed by atoms with Crippen LogP contribution in [0.1, 0.15) is 12.5 Å². The number of benzene rings is 1. The van der Waals surface area contributed by atoms with Crippen LogP contribution in [-0.2, 0) is 6.42 Å². The predicted octanol–water partition coefficient (Wildman–Crippen LogP) is 3.07. The molecular weight excluding hydrogens is 178 g/mol. The molecule has 1 aliphatic heterocycles. The van der Waals surface area contributed by atoms with Crippen LogP contribution in [0.4, 0.5) is 5.69 Å². The zero-order valence-electron chi connectivity index (χ0n) is 7.73. The number of nitrogens with zero attached hydrogens (tertiary/aromatic N) is 1. The summed E-state index contributed by atoms with van der Waals surface area (Å²) >= 11 is 1.97. The topological polar surface area (TPSA) is 12.4 Å². The molecule has 0 radical (unpaired) electrons. The molecule has 0 N–H and O–H groups in total. The molecule has 13 heavy (non-hydrogen) atoms. The van der Waals surface area contributed by atoms with Gasteiger partial charge in [-0.25, -0.2) is 0 Å². The van der Waals surface area contributed by atoms with Crippen molar-refractivity contribution in [3.05, 3.63) is 29.8 Å². The summed E-state index contributed by atoms with van der Waals surface area (Å²) in [5, 5.41) is 0.583. The van der Waals surface area contributed by atoms with Crippen LogP contribution in [0.25, 0.3) is 0 Å². The van der Waals surface area contributed by atoms with Gasteiger partial charge in [-0.15, -0.1) is 0 Å². The number of hydrogen-bond acceptors (Lipinski definition) is 2. The first-order valence-corrected chi connectivity index (χ1v) is 5.68. The molecule has 1 aliphatic rings. The minimum absolute atomic E-state index is 0.583. The van der Waals surface area contributed by atoms with Crippen molar-refractivity contribution in [3.8, 4) is 0 Å². The Morgan fingerprint density at radius 1 is 1.46 bits per heavy atom. The van der Waals surface area contributed by atoms with E-state index in [1.54, 1.807) is 0 Å². The number of thioether (sulfide) groups is 1. The molecule has 1 unspecified atom stereocenters. The van der Waals surface area contributed by atoms with E-state index < -0.39 is 0 Å². The van der Waals surface area contributed by atoms with Crippen LogP contribution in [-0.4, -0.2) is 17.2 Å². The van der Waals surface area contributed by atoms with E-state index in [1.165, 1.54) is 11.3 Å². The first-order chi connectivity index (χ1) is 6.40. The molecule has 2 rings (SSSR count). The van der Waals surface area contributed by atoms with Crippen LogP contribution < -0.4 is 0 Å². The molecule has 1 atom stereocenters. The molecule has 68 valence electrons. The van der Waals surface area contributed by atoms with Gasteiger partial charge in [0, 0.05) is 11.5 Å². The van der Waals surface area contributed by atoms with Crippen molar-refractivity contribution in [1.29, 1.82) is 0 Å². The van der Waals surface area contributed by atoms with Crippen molar-refractivity contribution in [2.75, 3.05) is 5.75 Å². The van der Waals surface area contributed by atoms with E-state index in [2.05, 4.69) is 36.3 Å². The van der Waals surface area contributed by atoms with Gasteiger partial charge in [-0.2, -0.15) is 11.8 Å². The Bertz CT molecular complexity index is 320. The zero-order chi connectivity index (χ0) is 9.10. The van der Waals surface area contributed by atoms with Crippen molar-refractivity contribution < 1.29 is 0 Å². The lowest BCUT2D eigenvalue weighted by molar-refractivity contribution is 1.04. The van der Waals surface area contributed by atoms with Crippen molar-refractivity contribution >= 4 is 23.7 Å². The standard InChI is InChI=1S/C11H13NS/c1-2-13-10-7-9-5-3-4-6-11(9)12-8-10/h3-6,8,10H,2,7H2,1H3. The second-order valence-corrected chi connectivity index (χ2v) is 4.62. The van der Waals surface area contributed by atoms with E-state index in [9.17, 15) is 0 Å². The Kier molecular flexibility index (Phi) is 2.69. The van der Waals surface area contributed by atoms with Gasteiger partial charge in [0.15, 0.2) is 0 Å². The minimum atomic E-state index is 0.583. The Morgan fingerprint density at radius 3 is 3.15 bits per heavy atom. The number of hydrogen-bond donors (Lipinski definition) is 0. The fourth-order valence-electron chi connectivity index (χ4n) is 1.56. The third-order valence-corrected chi connectivity index (χ3v) is 3.22. The summed E-state index contributed by atoms with van der Waals surface area (Å²) in [5.74, 6) is 1.17. The molecule has 1 aromatic rings. The van der Waals surface area contributed by atoms with Gasteiger partial charge < -0.3 is 0 Å². The van der Waals surface area contributed by atoms with E-state index >= 15 is 0 Å². The number of para-hydroxylation sites is 1. The Labute approximate surface area is 83.3 Å². The van der Waals surface area contributed by atoms with Crippen LogP contribution in [0.3, 0.4) is 0 Å². The van der Waals surface area contributed by atoms with Gasteiger partial charge in [0.2, 0.25) is 0 Å². The largest absolute Gasteiger partial charge is 0.260 e. The molecule has 0 spiro atoms. The summed E-state index contributed by atoms with van der Waals surface area (Å²) < 4.78 is 0. The highest BCUT2D eigenvalue weighted by Crippen LogP contribution is 2.27. The van der Waals surface area contributed by atoms with Gasteiger partial charge in [0.1, 0.15) is 0 Å². The van der Waals surface area contributed by atoms with Crippen LogP contribution >= 0.6 is 11.8 Å². The van der Waals surface area contributed by atoms with E-state index in [0.717, 1.165) is 12.1 Å². The molecule has 0 bridgehead atoms. The lowest BCUT2D eigenvalue weighted by atomic mass is 10.1. The van der Waals surface area contributed by atoms with Crippen molar-refractivity contribution in [3.63, 3.8) is 0 Å². The number of aliphatic imine (C=N–C) groups is 1. The van der Waals surface area contributed by atoms with Crippen molar-refractivity contribution in [2.24, 2.45) is 4.99 Å². The Balaban J connectivity index is 2.19. The van der Waals surface area contributed by atoms with Gasteiger partial charge in [-0.1, -0.05) is 25.1 Å². The Morgan fingerprint density at radius 2 is 2.31 bits per heavy atom. The molecule has 1 aromatic carbocycles. The second-order valence-electron chi connectivity index (χ2n) is 3.10. The van der Waals surface area contributed by atoms with Gasteiger partial charge >= 0.3 is 0 Å². The average Bonchev–Trinajstić information content (AvgIpc) is 2.18. The molecule has 0 saturated heterocycles. The minimum Gasteiger partial charge on any atom is -0.260 e. The molecule has 0 aliphatic carbocycles. The molecule has 0 amide bonds. The van der Waals surface area contributed by atoms with Crippen LogP contribution in [0.15, 0.2) is 29.3 Å². The summed E-state index contributed by atoms with van der Waals surface area (Å²) in [4.78, 5) is 4.45.